The van der Waals surface area contributed by atoms with Crippen LogP contribution in [0.4, 0.5) is 0 Å². The molecule has 62 valence electrons. The average molecular weight is 146 g/mol. The molecule has 0 bridgehead atoms. The molecule has 0 aromatic carbocycles. The molecule has 1 rings (SSSR count). The Kier molecular flexibility index (Phi) is 8.70. The number of hydrogen-bond donors (Lipinski definition) is 4. The third kappa shape index (κ3) is 7.84. The molecule has 0 saturated carbocycles. The fraction of sp³-hybridized carbons (Fsp3) is 1.00. The Morgan fingerprint density at radius 1 is 0.800 bits per heavy atom. The third-order valence-corrected chi connectivity index (χ3v) is 1.12. The maximum Gasteiger partial charge on any atom is 0.00772 e. The van der Waals surface area contributed by atoms with Gasteiger partial charge in [-0.3, -0.25) is 0 Å². The molecule has 0 unspecified atom stereocenters. The monoisotopic (exact) mass is 146 g/mol. The summed E-state index contributed by atoms with van der Waals surface area (Å²) in [5.74, 6) is 0. The first-order valence-electron chi connectivity index (χ1n) is 3.73. The predicted molar refractivity (Wildman–Crippen MR) is 43.8 cm³/mol. The quantitative estimate of drug-likeness (QED) is 0.348. The maximum atomic E-state index is 4.90. The second-order valence-corrected chi connectivity index (χ2v) is 2.08. The molecule has 6 N–H and O–H groups in total. The summed E-state index contributed by atoms with van der Waals surface area (Å²) in [6.45, 7) is 5.75. The van der Waals surface area contributed by atoms with Gasteiger partial charge in [0.2, 0.25) is 0 Å². The first kappa shape index (κ1) is 9.84. The van der Waals surface area contributed by atoms with Gasteiger partial charge in [0.15, 0.2) is 0 Å². The van der Waals surface area contributed by atoms with Crippen LogP contribution in [0.1, 0.15) is 0 Å². The first-order valence-corrected chi connectivity index (χ1v) is 3.73. The van der Waals surface area contributed by atoms with Crippen molar-refractivity contribution in [2.75, 3.05) is 39.3 Å². The van der Waals surface area contributed by atoms with Crippen molar-refractivity contribution in [2.24, 2.45) is 11.5 Å². The van der Waals surface area contributed by atoms with Gasteiger partial charge < -0.3 is 22.1 Å². The number of nitrogens with two attached hydrogens (primary N) is 2. The zero-order chi connectivity index (χ0) is 7.66. The number of nitrogens with one attached hydrogen (secondary N) is 2. The van der Waals surface area contributed by atoms with Crippen molar-refractivity contribution >= 4 is 0 Å². The highest BCUT2D eigenvalue weighted by atomic mass is 15.0. The molecule has 1 heterocycles. The van der Waals surface area contributed by atoms with Crippen LogP contribution in [0, 0.1) is 0 Å². The Morgan fingerprint density at radius 2 is 1.10 bits per heavy atom. The zero-order valence-electron chi connectivity index (χ0n) is 6.40. The molecule has 0 aliphatic carbocycles. The largest absolute Gasteiger partial charge is 0.329 e. The lowest BCUT2D eigenvalue weighted by molar-refractivity contribution is 0.534. The minimum Gasteiger partial charge on any atom is -0.329 e. The standard InChI is InChI=1S/C4H10N2.C2H8N2/c1-2-6-4-3-5-1;3-1-2-4/h5-6H,1-4H2;1-4H2. The van der Waals surface area contributed by atoms with Gasteiger partial charge in [0.1, 0.15) is 0 Å². The van der Waals surface area contributed by atoms with Crippen molar-refractivity contribution in [1.82, 2.24) is 10.6 Å². The summed E-state index contributed by atoms with van der Waals surface area (Å²) in [7, 11) is 0. The fourth-order valence-corrected chi connectivity index (χ4v) is 0.604. The van der Waals surface area contributed by atoms with E-state index in [2.05, 4.69) is 10.6 Å². The van der Waals surface area contributed by atoms with Crippen molar-refractivity contribution in [3.8, 4) is 0 Å². The number of piperazine rings is 1. The molecular formula is C6H18N4. The summed E-state index contributed by atoms with van der Waals surface area (Å²) in [6, 6.07) is 0. The van der Waals surface area contributed by atoms with Crippen molar-refractivity contribution in [3.05, 3.63) is 0 Å². The van der Waals surface area contributed by atoms with Crippen LogP contribution in [-0.4, -0.2) is 39.3 Å². The highest BCUT2D eigenvalue weighted by Gasteiger charge is 1.91. The van der Waals surface area contributed by atoms with E-state index in [0.29, 0.717) is 13.1 Å². The Hall–Kier alpha value is -0.160. The van der Waals surface area contributed by atoms with Gasteiger partial charge in [-0.15, -0.1) is 0 Å². The summed E-state index contributed by atoms with van der Waals surface area (Å²) < 4.78 is 0. The lowest BCUT2D eigenvalue weighted by Gasteiger charge is -2.11. The molecule has 10 heavy (non-hydrogen) atoms. The van der Waals surface area contributed by atoms with Gasteiger partial charge in [-0.1, -0.05) is 0 Å². The van der Waals surface area contributed by atoms with E-state index in [1.54, 1.807) is 0 Å². The van der Waals surface area contributed by atoms with E-state index in [9.17, 15) is 0 Å². The van der Waals surface area contributed by atoms with Crippen molar-refractivity contribution in [1.29, 1.82) is 0 Å². The van der Waals surface area contributed by atoms with E-state index in [-0.39, 0.29) is 0 Å². The third-order valence-electron chi connectivity index (χ3n) is 1.12. The topological polar surface area (TPSA) is 76.1 Å². The smallest absolute Gasteiger partial charge is 0.00772 e. The molecule has 1 aliphatic rings. The maximum absolute atomic E-state index is 4.90. The first-order chi connectivity index (χ1) is 4.91. The summed E-state index contributed by atoms with van der Waals surface area (Å²) in [5, 5.41) is 6.44. The Morgan fingerprint density at radius 3 is 1.20 bits per heavy atom. The van der Waals surface area contributed by atoms with E-state index in [0.717, 1.165) is 26.2 Å². The Balaban J connectivity index is 0.000000180. The summed E-state index contributed by atoms with van der Waals surface area (Å²) in [5.41, 5.74) is 9.81. The summed E-state index contributed by atoms with van der Waals surface area (Å²) in [4.78, 5) is 0. The molecule has 4 heteroatoms. The lowest BCUT2D eigenvalue weighted by Crippen LogP contribution is -2.39. The molecule has 0 aromatic rings. The molecule has 0 aromatic heterocycles. The molecule has 1 saturated heterocycles. The van der Waals surface area contributed by atoms with Crippen LogP contribution in [0.15, 0.2) is 0 Å². The molecule has 1 fully saturated rings. The van der Waals surface area contributed by atoms with E-state index < -0.39 is 0 Å². The highest BCUT2D eigenvalue weighted by Crippen LogP contribution is 1.65. The predicted octanol–water partition coefficient (Wildman–Crippen LogP) is -1.92. The number of rotatable bonds is 1. The van der Waals surface area contributed by atoms with E-state index >= 15 is 0 Å². The van der Waals surface area contributed by atoms with Gasteiger partial charge in [-0.05, 0) is 0 Å². The van der Waals surface area contributed by atoms with Crippen molar-refractivity contribution < 1.29 is 0 Å². The Bertz CT molecular complexity index is 40.2. The van der Waals surface area contributed by atoms with Crippen molar-refractivity contribution in [2.45, 2.75) is 0 Å². The second kappa shape index (κ2) is 8.84. The molecule has 1 aliphatic heterocycles. The molecule has 0 spiro atoms. The second-order valence-electron chi connectivity index (χ2n) is 2.08. The van der Waals surface area contributed by atoms with E-state index in [1.165, 1.54) is 0 Å². The van der Waals surface area contributed by atoms with E-state index in [1.807, 2.05) is 0 Å². The van der Waals surface area contributed by atoms with Crippen LogP contribution in [0.2, 0.25) is 0 Å². The zero-order valence-corrected chi connectivity index (χ0v) is 6.40. The van der Waals surface area contributed by atoms with Crippen LogP contribution >= 0.6 is 0 Å². The summed E-state index contributed by atoms with van der Waals surface area (Å²) >= 11 is 0. The van der Waals surface area contributed by atoms with Gasteiger partial charge in [-0.25, -0.2) is 0 Å². The van der Waals surface area contributed by atoms with Crippen LogP contribution in [0.25, 0.3) is 0 Å². The van der Waals surface area contributed by atoms with Crippen LogP contribution in [0.3, 0.4) is 0 Å². The molecular weight excluding hydrogens is 128 g/mol. The summed E-state index contributed by atoms with van der Waals surface area (Å²) in [6.07, 6.45) is 0. The van der Waals surface area contributed by atoms with E-state index in [4.69, 9.17) is 11.5 Å². The molecule has 4 nitrogen and oxygen atoms in total. The fourth-order valence-electron chi connectivity index (χ4n) is 0.604. The highest BCUT2D eigenvalue weighted by molar-refractivity contribution is 4.59. The van der Waals surface area contributed by atoms with Crippen LogP contribution < -0.4 is 22.1 Å². The average Bonchev–Trinajstić information content (AvgIpc) is 2.08. The minimum atomic E-state index is 0.597. The van der Waals surface area contributed by atoms with Gasteiger partial charge in [0.05, 0.1) is 0 Å². The van der Waals surface area contributed by atoms with Crippen molar-refractivity contribution in [3.63, 3.8) is 0 Å². The van der Waals surface area contributed by atoms with Crippen LogP contribution in [0.5, 0.6) is 0 Å². The Labute approximate surface area is 62.3 Å². The van der Waals surface area contributed by atoms with Gasteiger partial charge in [0.25, 0.3) is 0 Å². The normalized spacial score (nSPS) is 17.4. The SMILES string of the molecule is C1CNCCN1.NCCN. The van der Waals surface area contributed by atoms with Gasteiger partial charge in [-0.2, -0.15) is 0 Å². The molecule has 0 atom stereocenters. The van der Waals surface area contributed by atoms with Crippen LogP contribution in [-0.2, 0) is 0 Å². The number of hydrogen-bond acceptors (Lipinski definition) is 4. The minimum absolute atomic E-state index is 0.597. The lowest BCUT2D eigenvalue weighted by atomic mass is 10.4. The van der Waals surface area contributed by atoms with Gasteiger partial charge >= 0.3 is 0 Å². The van der Waals surface area contributed by atoms with Gasteiger partial charge in [0, 0.05) is 39.3 Å². The molecule has 0 radical (unpaired) electrons. The molecule has 0 amide bonds.